The third kappa shape index (κ3) is 3.18. The van der Waals surface area contributed by atoms with Gasteiger partial charge >= 0.3 is 0 Å². The molecule has 1 atom stereocenters. The molecule has 118 valence electrons. The Labute approximate surface area is 128 Å². The summed E-state index contributed by atoms with van der Waals surface area (Å²) in [4.78, 5) is 18.4. The number of ether oxygens (including phenoxy) is 1. The lowest BCUT2D eigenvalue weighted by Crippen LogP contribution is -2.41. The maximum absolute atomic E-state index is 13.5. The minimum atomic E-state index is -0.355. The Bertz CT molecular complexity index is 716. The van der Waals surface area contributed by atoms with Crippen LogP contribution in [0.15, 0.2) is 29.2 Å². The summed E-state index contributed by atoms with van der Waals surface area (Å²) >= 11 is 0. The molecule has 1 aromatic carbocycles. The monoisotopic (exact) mass is 305 g/mol. The summed E-state index contributed by atoms with van der Waals surface area (Å²) < 4.78 is 20.5. The SMILES string of the molecule is COC1CCCN(CCn2c(=O)cnc3ccc(F)cc32)C1. The Morgan fingerprint density at radius 3 is 3.09 bits per heavy atom. The molecule has 0 spiro atoms. The van der Waals surface area contributed by atoms with E-state index in [0.29, 0.717) is 17.6 Å². The highest BCUT2D eigenvalue weighted by atomic mass is 19.1. The van der Waals surface area contributed by atoms with Gasteiger partial charge in [0.05, 0.1) is 23.3 Å². The van der Waals surface area contributed by atoms with E-state index in [1.807, 2.05) is 0 Å². The van der Waals surface area contributed by atoms with Gasteiger partial charge in [-0.25, -0.2) is 9.37 Å². The van der Waals surface area contributed by atoms with Gasteiger partial charge in [-0.15, -0.1) is 0 Å². The van der Waals surface area contributed by atoms with Crippen LogP contribution in [0.5, 0.6) is 0 Å². The van der Waals surface area contributed by atoms with Crippen molar-refractivity contribution in [2.24, 2.45) is 0 Å². The second kappa shape index (κ2) is 6.54. The molecule has 1 saturated heterocycles. The van der Waals surface area contributed by atoms with Gasteiger partial charge in [-0.05, 0) is 37.6 Å². The normalized spacial score (nSPS) is 19.6. The van der Waals surface area contributed by atoms with E-state index in [2.05, 4.69) is 9.88 Å². The molecule has 1 unspecified atom stereocenters. The predicted molar refractivity (Wildman–Crippen MR) is 82.4 cm³/mol. The summed E-state index contributed by atoms with van der Waals surface area (Å²) in [7, 11) is 1.73. The zero-order valence-corrected chi connectivity index (χ0v) is 12.7. The molecular weight excluding hydrogens is 285 g/mol. The van der Waals surface area contributed by atoms with Crippen molar-refractivity contribution >= 4 is 11.0 Å². The summed E-state index contributed by atoms with van der Waals surface area (Å²) in [6, 6.07) is 4.33. The Morgan fingerprint density at radius 1 is 1.41 bits per heavy atom. The Hall–Kier alpha value is -1.79. The van der Waals surface area contributed by atoms with Crippen LogP contribution in [-0.4, -0.2) is 47.3 Å². The maximum Gasteiger partial charge on any atom is 0.269 e. The number of hydrogen-bond donors (Lipinski definition) is 0. The van der Waals surface area contributed by atoms with Crippen LogP contribution >= 0.6 is 0 Å². The first-order valence-corrected chi connectivity index (χ1v) is 7.57. The predicted octanol–water partition coefficient (Wildman–Crippen LogP) is 1.65. The molecule has 0 radical (unpaired) electrons. The smallest absolute Gasteiger partial charge is 0.269 e. The lowest BCUT2D eigenvalue weighted by atomic mass is 10.1. The lowest BCUT2D eigenvalue weighted by Gasteiger charge is -2.32. The largest absolute Gasteiger partial charge is 0.380 e. The van der Waals surface area contributed by atoms with E-state index in [0.717, 1.165) is 32.5 Å². The van der Waals surface area contributed by atoms with E-state index in [1.54, 1.807) is 17.7 Å². The van der Waals surface area contributed by atoms with Crippen molar-refractivity contribution in [3.8, 4) is 0 Å². The number of nitrogens with zero attached hydrogens (tertiary/aromatic N) is 3. The molecule has 5 nitrogen and oxygen atoms in total. The van der Waals surface area contributed by atoms with Gasteiger partial charge < -0.3 is 9.30 Å². The number of piperidine rings is 1. The van der Waals surface area contributed by atoms with Crippen molar-refractivity contribution in [1.29, 1.82) is 0 Å². The van der Waals surface area contributed by atoms with Crippen LogP contribution in [0, 0.1) is 5.82 Å². The first kappa shape index (κ1) is 15.1. The zero-order chi connectivity index (χ0) is 15.5. The van der Waals surface area contributed by atoms with Gasteiger partial charge in [-0.1, -0.05) is 0 Å². The molecule has 0 aliphatic carbocycles. The highest BCUT2D eigenvalue weighted by molar-refractivity contribution is 5.74. The van der Waals surface area contributed by atoms with E-state index in [-0.39, 0.29) is 17.5 Å². The average molecular weight is 305 g/mol. The van der Waals surface area contributed by atoms with Crippen molar-refractivity contribution < 1.29 is 9.13 Å². The van der Waals surface area contributed by atoms with Crippen LogP contribution in [0.3, 0.4) is 0 Å². The molecular formula is C16H20FN3O2. The van der Waals surface area contributed by atoms with Gasteiger partial charge in [0, 0.05) is 26.7 Å². The van der Waals surface area contributed by atoms with E-state index >= 15 is 0 Å². The number of aromatic nitrogens is 2. The standard InChI is InChI=1S/C16H20FN3O2/c1-22-13-3-2-6-19(11-13)7-8-20-15-9-12(17)4-5-14(15)18-10-16(20)21/h4-5,9-10,13H,2-3,6-8,11H2,1H3. The van der Waals surface area contributed by atoms with Gasteiger partial charge in [-0.3, -0.25) is 9.69 Å². The maximum atomic E-state index is 13.5. The molecule has 1 aromatic heterocycles. The summed E-state index contributed by atoms with van der Waals surface area (Å²) in [5, 5.41) is 0. The van der Waals surface area contributed by atoms with Gasteiger partial charge in [0.15, 0.2) is 0 Å². The number of rotatable bonds is 4. The van der Waals surface area contributed by atoms with Crippen LogP contribution < -0.4 is 5.56 Å². The molecule has 6 heteroatoms. The quantitative estimate of drug-likeness (QED) is 0.862. The van der Waals surface area contributed by atoms with Crippen LogP contribution in [0.2, 0.25) is 0 Å². The third-order valence-electron chi connectivity index (χ3n) is 4.24. The molecule has 2 aromatic rings. The van der Waals surface area contributed by atoms with Gasteiger partial charge in [-0.2, -0.15) is 0 Å². The summed E-state index contributed by atoms with van der Waals surface area (Å²) in [5.41, 5.74) is 0.987. The number of benzene rings is 1. The van der Waals surface area contributed by atoms with E-state index in [4.69, 9.17) is 4.74 Å². The second-order valence-corrected chi connectivity index (χ2v) is 5.68. The van der Waals surface area contributed by atoms with Crippen molar-refractivity contribution in [2.45, 2.75) is 25.5 Å². The first-order chi connectivity index (χ1) is 10.7. The number of hydrogen-bond acceptors (Lipinski definition) is 4. The highest BCUT2D eigenvalue weighted by Crippen LogP contribution is 2.14. The molecule has 0 bridgehead atoms. The van der Waals surface area contributed by atoms with Crippen LogP contribution in [-0.2, 0) is 11.3 Å². The number of fused-ring (bicyclic) bond motifs is 1. The Morgan fingerprint density at radius 2 is 2.27 bits per heavy atom. The molecule has 0 N–H and O–H groups in total. The van der Waals surface area contributed by atoms with Crippen LogP contribution in [0.1, 0.15) is 12.8 Å². The molecule has 3 rings (SSSR count). The van der Waals surface area contributed by atoms with Crippen molar-refractivity contribution in [1.82, 2.24) is 14.5 Å². The van der Waals surface area contributed by atoms with Gasteiger partial charge in [0.2, 0.25) is 0 Å². The van der Waals surface area contributed by atoms with Crippen molar-refractivity contribution in [3.63, 3.8) is 0 Å². The molecule has 22 heavy (non-hydrogen) atoms. The fourth-order valence-electron chi connectivity index (χ4n) is 3.02. The van der Waals surface area contributed by atoms with Crippen LogP contribution in [0.4, 0.5) is 4.39 Å². The fourth-order valence-corrected chi connectivity index (χ4v) is 3.02. The molecule has 0 amide bonds. The number of halogens is 1. The Balaban J connectivity index is 1.80. The van der Waals surface area contributed by atoms with Crippen molar-refractivity contribution in [3.05, 3.63) is 40.6 Å². The lowest BCUT2D eigenvalue weighted by molar-refractivity contribution is 0.0303. The van der Waals surface area contributed by atoms with E-state index < -0.39 is 0 Å². The minimum Gasteiger partial charge on any atom is -0.380 e. The van der Waals surface area contributed by atoms with Crippen LogP contribution in [0.25, 0.3) is 11.0 Å². The van der Waals surface area contributed by atoms with E-state index in [1.165, 1.54) is 18.3 Å². The summed E-state index contributed by atoms with van der Waals surface area (Å²) in [6.07, 6.45) is 3.74. The molecule has 0 saturated carbocycles. The van der Waals surface area contributed by atoms with Gasteiger partial charge in [0.1, 0.15) is 5.82 Å². The summed E-state index contributed by atoms with van der Waals surface area (Å²) in [5.74, 6) is -0.355. The average Bonchev–Trinajstić information content (AvgIpc) is 2.54. The fraction of sp³-hybridized carbons (Fsp3) is 0.500. The third-order valence-corrected chi connectivity index (χ3v) is 4.24. The Kier molecular flexibility index (Phi) is 4.49. The summed E-state index contributed by atoms with van der Waals surface area (Å²) in [6.45, 7) is 3.15. The van der Waals surface area contributed by atoms with Gasteiger partial charge in [0.25, 0.3) is 5.56 Å². The second-order valence-electron chi connectivity index (χ2n) is 5.68. The number of likely N-dealkylation sites (tertiary alicyclic amines) is 1. The zero-order valence-electron chi connectivity index (χ0n) is 12.7. The highest BCUT2D eigenvalue weighted by Gasteiger charge is 2.19. The van der Waals surface area contributed by atoms with Crippen molar-refractivity contribution in [2.75, 3.05) is 26.7 Å². The minimum absolute atomic E-state index is 0.196. The molecule has 2 heterocycles. The first-order valence-electron chi connectivity index (χ1n) is 7.57. The number of methoxy groups -OCH3 is 1. The molecule has 1 aliphatic rings. The molecule has 1 fully saturated rings. The molecule has 1 aliphatic heterocycles. The van der Waals surface area contributed by atoms with E-state index in [9.17, 15) is 9.18 Å². The topological polar surface area (TPSA) is 47.4 Å².